The Morgan fingerprint density at radius 1 is 1.16 bits per heavy atom. The van der Waals surface area contributed by atoms with Gasteiger partial charge in [-0.15, -0.1) is 0 Å². The van der Waals surface area contributed by atoms with Crippen LogP contribution in [0.1, 0.15) is 51.5 Å². The summed E-state index contributed by atoms with van der Waals surface area (Å²) in [7, 11) is 0. The van der Waals surface area contributed by atoms with E-state index in [4.69, 9.17) is 4.42 Å². The van der Waals surface area contributed by atoms with Crippen molar-refractivity contribution < 1.29 is 14.3 Å². The maximum Gasteiger partial charge on any atom is 0.311 e. The summed E-state index contributed by atoms with van der Waals surface area (Å²) >= 11 is 0. The molecule has 0 amide bonds. The van der Waals surface area contributed by atoms with E-state index in [0.717, 1.165) is 16.9 Å². The summed E-state index contributed by atoms with van der Waals surface area (Å²) in [6, 6.07) is 12.2. The molecule has 3 heteroatoms. The summed E-state index contributed by atoms with van der Waals surface area (Å²) in [4.78, 5) is 12.1. The average Bonchev–Trinajstić information content (AvgIpc) is 2.85. The van der Waals surface area contributed by atoms with E-state index < -0.39 is 22.2 Å². The highest BCUT2D eigenvalue weighted by atomic mass is 16.4. The normalized spacial score (nSPS) is 26.9. The molecule has 3 nitrogen and oxygen atoms in total. The van der Waals surface area contributed by atoms with Gasteiger partial charge in [0.1, 0.15) is 5.76 Å². The highest BCUT2D eigenvalue weighted by molar-refractivity contribution is 5.86. The van der Waals surface area contributed by atoms with Gasteiger partial charge in [-0.05, 0) is 37.8 Å². The van der Waals surface area contributed by atoms with E-state index in [9.17, 15) is 9.90 Å². The van der Waals surface area contributed by atoms with Crippen LogP contribution in [0.15, 0.2) is 58.7 Å². The fourth-order valence-corrected chi connectivity index (χ4v) is 4.54. The number of carboxylic acids is 1. The zero-order chi connectivity index (χ0) is 18.5. The van der Waals surface area contributed by atoms with E-state index >= 15 is 0 Å². The maximum absolute atomic E-state index is 12.1. The smallest absolute Gasteiger partial charge is 0.311 e. The number of rotatable bonds is 5. The number of aliphatic carboxylic acids is 1. The molecule has 0 radical (unpaired) electrons. The van der Waals surface area contributed by atoms with Crippen molar-refractivity contribution in [2.75, 3.05) is 0 Å². The highest BCUT2D eigenvalue weighted by Gasteiger charge is 2.83. The molecule has 0 saturated heterocycles. The molecule has 1 heterocycles. The maximum atomic E-state index is 12.1. The van der Waals surface area contributed by atoms with E-state index in [0.29, 0.717) is 6.42 Å². The zero-order valence-corrected chi connectivity index (χ0v) is 15.6. The van der Waals surface area contributed by atoms with E-state index in [1.165, 1.54) is 5.56 Å². The predicted molar refractivity (Wildman–Crippen MR) is 98.6 cm³/mol. The molecule has 1 aliphatic rings. The monoisotopic (exact) mass is 338 g/mol. The second-order valence-electron chi connectivity index (χ2n) is 8.05. The molecule has 25 heavy (non-hydrogen) atoms. The Labute approximate surface area is 149 Å². The Morgan fingerprint density at radius 3 is 2.32 bits per heavy atom. The largest absolute Gasteiger partial charge is 0.481 e. The first-order valence-electron chi connectivity index (χ1n) is 8.68. The number of allylic oxidation sites excluding steroid dienone is 2. The van der Waals surface area contributed by atoms with Crippen LogP contribution in [0.2, 0.25) is 0 Å². The van der Waals surface area contributed by atoms with Crippen molar-refractivity contribution >= 4 is 5.97 Å². The average molecular weight is 338 g/mol. The van der Waals surface area contributed by atoms with Gasteiger partial charge in [0.25, 0.3) is 0 Å². The fraction of sp³-hybridized carbons (Fsp3) is 0.409. The minimum absolute atomic E-state index is 0.392. The lowest BCUT2D eigenvalue weighted by molar-refractivity contribution is -0.144. The number of carboxylic acid groups (broad SMARTS) is 1. The van der Waals surface area contributed by atoms with Crippen molar-refractivity contribution in [3.05, 3.63) is 71.2 Å². The molecule has 2 unspecified atom stereocenters. The molecular formula is C22H26O3. The van der Waals surface area contributed by atoms with Crippen LogP contribution in [0.3, 0.4) is 0 Å². The molecule has 1 fully saturated rings. The summed E-state index contributed by atoms with van der Waals surface area (Å²) < 4.78 is 5.82. The van der Waals surface area contributed by atoms with Crippen molar-refractivity contribution in [2.45, 2.75) is 46.5 Å². The summed E-state index contributed by atoms with van der Waals surface area (Å²) in [5.41, 5.74) is 1.44. The van der Waals surface area contributed by atoms with Crippen LogP contribution < -0.4 is 0 Å². The predicted octanol–water partition coefficient (Wildman–Crippen LogP) is 5.21. The molecule has 1 aliphatic carbocycles. The third kappa shape index (κ3) is 2.29. The lowest BCUT2D eigenvalue weighted by Crippen LogP contribution is -2.22. The van der Waals surface area contributed by atoms with Crippen LogP contribution >= 0.6 is 0 Å². The molecule has 0 bridgehead atoms. The number of carbonyl (C=O) groups is 1. The second kappa shape index (κ2) is 5.62. The Hall–Kier alpha value is -2.29. The van der Waals surface area contributed by atoms with Crippen molar-refractivity contribution in [1.82, 2.24) is 0 Å². The second-order valence-corrected chi connectivity index (χ2v) is 8.05. The SMILES string of the molecule is CC(C)=CC1(c2coc(Cc3ccccc3)c2)C(C)(C)C1(C)C(=O)O. The minimum Gasteiger partial charge on any atom is -0.481 e. The summed E-state index contributed by atoms with van der Waals surface area (Å²) in [5.74, 6) is 0.0963. The minimum atomic E-state index is -0.856. The zero-order valence-electron chi connectivity index (χ0n) is 15.6. The molecule has 3 rings (SSSR count). The standard InChI is InChI=1S/C22H26O3/c1-15(2)13-22(20(3,4)21(22,5)19(23)24)17-12-18(25-14-17)11-16-9-7-6-8-10-16/h6-10,12-14H,11H2,1-5H3,(H,23,24). The quantitative estimate of drug-likeness (QED) is 0.762. The topological polar surface area (TPSA) is 50.4 Å². The van der Waals surface area contributed by atoms with Gasteiger partial charge in [0, 0.05) is 17.4 Å². The van der Waals surface area contributed by atoms with E-state index in [1.807, 2.05) is 58.9 Å². The van der Waals surface area contributed by atoms with Gasteiger partial charge in [-0.25, -0.2) is 0 Å². The van der Waals surface area contributed by atoms with Crippen molar-refractivity contribution in [3.63, 3.8) is 0 Å². The van der Waals surface area contributed by atoms with Gasteiger partial charge in [0.2, 0.25) is 0 Å². The Morgan fingerprint density at radius 2 is 1.80 bits per heavy atom. The molecule has 1 aromatic heterocycles. The van der Waals surface area contributed by atoms with Gasteiger partial charge in [-0.1, -0.05) is 55.8 Å². The summed E-state index contributed by atoms with van der Waals surface area (Å²) in [6.45, 7) is 9.94. The fourth-order valence-electron chi connectivity index (χ4n) is 4.54. The number of hydrogen-bond donors (Lipinski definition) is 1. The van der Waals surface area contributed by atoms with Gasteiger partial charge in [-0.2, -0.15) is 0 Å². The Kier molecular flexibility index (Phi) is 3.94. The van der Waals surface area contributed by atoms with Gasteiger partial charge >= 0.3 is 5.97 Å². The van der Waals surface area contributed by atoms with Crippen molar-refractivity contribution in [1.29, 1.82) is 0 Å². The molecular weight excluding hydrogens is 312 g/mol. The van der Waals surface area contributed by atoms with Crippen LogP contribution in [0.4, 0.5) is 0 Å². The van der Waals surface area contributed by atoms with E-state index in [2.05, 4.69) is 18.2 Å². The lowest BCUT2D eigenvalue weighted by Gasteiger charge is -2.16. The van der Waals surface area contributed by atoms with Crippen LogP contribution in [-0.4, -0.2) is 11.1 Å². The molecule has 2 aromatic rings. The summed E-state index contributed by atoms with van der Waals surface area (Å²) in [5, 5.41) is 9.94. The van der Waals surface area contributed by atoms with Gasteiger partial charge < -0.3 is 9.52 Å². The Bertz CT molecular complexity index is 824. The first-order valence-corrected chi connectivity index (χ1v) is 8.68. The highest BCUT2D eigenvalue weighted by Crippen LogP contribution is 2.79. The molecule has 1 N–H and O–H groups in total. The number of hydrogen-bond acceptors (Lipinski definition) is 2. The molecule has 0 spiro atoms. The lowest BCUT2D eigenvalue weighted by atomic mass is 9.85. The van der Waals surface area contributed by atoms with Crippen molar-refractivity contribution in [3.8, 4) is 0 Å². The molecule has 2 atom stereocenters. The summed E-state index contributed by atoms with van der Waals surface area (Å²) in [6.07, 6.45) is 4.56. The van der Waals surface area contributed by atoms with Crippen LogP contribution in [0.25, 0.3) is 0 Å². The third-order valence-electron chi connectivity index (χ3n) is 6.23. The molecule has 0 aliphatic heterocycles. The van der Waals surface area contributed by atoms with Gasteiger partial charge in [-0.3, -0.25) is 4.79 Å². The molecule has 1 saturated carbocycles. The van der Waals surface area contributed by atoms with Gasteiger partial charge in [0.15, 0.2) is 0 Å². The van der Waals surface area contributed by atoms with Crippen LogP contribution in [-0.2, 0) is 16.6 Å². The Balaban J connectivity index is 2.03. The first kappa shape index (κ1) is 17.5. The number of furan rings is 1. The van der Waals surface area contributed by atoms with Crippen LogP contribution in [0, 0.1) is 10.8 Å². The molecule has 1 aromatic carbocycles. The number of benzene rings is 1. The third-order valence-corrected chi connectivity index (χ3v) is 6.23. The van der Waals surface area contributed by atoms with Crippen molar-refractivity contribution in [2.24, 2.45) is 10.8 Å². The van der Waals surface area contributed by atoms with Crippen LogP contribution in [0.5, 0.6) is 0 Å². The van der Waals surface area contributed by atoms with Gasteiger partial charge in [0.05, 0.1) is 11.7 Å². The van der Waals surface area contributed by atoms with E-state index in [-0.39, 0.29) is 0 Å². The molecule has 132 valence electrons. The first-order chi connectivity index (χ1) is 11.7. The van der Waals surface area contributed by atoms with E-state index in [1.54, 1.807) is 6.26 Å².